The molecule has 0 aliphatic heterocycles. The summed E-state index contributed by atoms with van der Waals surface area (Å²) in [4.78, 5) is 4.13. The minimum atomic E-state index is 0.660. The van der Waals surface area contributed by atoms with Crippen LogP contribution in [0, 0.1) is 0 Å². The number of hydrogen-bond donors (Lipinski definition) is 0. The summed E-state index contributed by atoms with van der Waals surface area (Å²) in [5.41, 5.74) is 0.789. The first-order chi connectivity index (χ1) is 12.9. The smallest absolute Gasteiger partial charge is 0.229 e. The van der Waals surface area contributed by atoms with E-state index < -0.39 is 0 Å². The normalized spacial score (nSPS) is 11.4. The Hall–Kier alpha value is -2.27. The van der Waals surface area contributed by atoms with Crippen LogP contribution in [0.15, 0.2) is 58.2 Å². The van der Waals surface area contributed by atoms with Crippen molar-refractivity contribution in [3.8, 4) is 5.75 Å². The number of benzene rings is 2. The second-order valence-corrected chi connectivity index (χ2v) is 7.17. The van der Waals surface area contributed by atoms with Gasteiger partial charge in [0.15, 0.2) is 0 Å². The highest BCUT2D eigenvalue weighted by Gasteiger charge is 2.05. The number of azo groups is 1. The molecule has 0 saturated heterocycles. The molecular weight excluding hydrogens is 342 g/mol. The molecule has 0 N–H and O–H groups in total. The van der Waals surface area contributed by atoms with E-state index in [9.17, 15) is 0 Å². The van der Waals surface area contributed by atoms with E-state index in [1.165, 1.54) is 43.4 Å². The maximum Gasteiger partial charge on any atom is 0.229 e. The summed E-state index contributed by atoms with van der Waals surface area (Å²) in [6.45, 7) is 2.98. The van der Waals surface area contributed by atoms with Crippen LogP contribution in [0.4, 0.5) is 10.8 Å². The van der Waals surface area contributed by atoms with Gasteiger partial charge in [0.05, 0.1) is 12.3 Å². The van der Waals surface area contributed by atoms with Crippen molar-refractivity contribution >= 4 is 32.9 Å². The molecule has 0 aliphatic rings. The molecule has 2 aromatic carbocycles. The molecular formula is C21H25N3OS. The Morgan fingerprint density at radius 2 is 1.85 bits per heavy atom. The van der Waals surface area contributed by atoms with E-state index >= 15 is 0 Å². The summed E-state index contributed by atoms with van der Waals surface area (Å²) in [6, 6.07) is 12.2. The standard InChI is InChI=1S/C21H25N3OS/c1-2-3-4-5-6-9-13-25-20-16-18(23-24-21-22-12-14-26-21)15-17-10-7-8-11-19(17)20/h7-8,10-12,14-16H,2-6,9,13H2,1H3. The molecule has 0 radical (unpaired) electrons. The maximum atomic E-state index is 6.09. The van der Waals surface area contributed by atoms with Gasteiger partial charge in [-0.25, -0.2) is 4.98 Å². The zero-order valence-electron chi connectivity index (χ0n) is 15.2. The van der Waals surface area contributed by atoms with Crippen molar-refractivity contribution in [2.24, 2.45) is 10.2 Å². The lowest BCUT2D eigenvalue weighted by molar-refractivity contribution is 0.308. The number of hydrogen-bond acceptors (Lipinski definition) is 5. The van der Waals surface area contributed by atoms with Crippen molar-refractivity contribution in [2.45, 2.75) is 45.4 Å². The number of unbranched alkanes of at least 4 members (excludes halogenated alkanes) is 5. The molecule has 1 heterocycles. The predicted molar refractivity (Wildman–Crippen MR) is 109 cm³/mol. The van der Waals surface area contributed by atoms with Crippen molar-refractivity contribution in [3.05, 3.63) is 48.0 Å². The molecule has 3 aromatic rings. The number of aromatic nitrogens is 1. The highest BCUT2D eigenvalue weighted by molar-refractivity contribution is 7.13. The van der Waals surface area contributed by atoms with Crippen LogP contribution in [0.25, 0.3) is 10.8 Å². The molecule has 5 heteroatoms. The Balaban J connectivity index is 1.67. The number of thiazole rings is 1. The third kappa shape index (κ3) is 5.36. The number of rotatable bonds is 10. The van der Waals surface area contributed by atoms with Gasteiger partial charge in [-0.3, -0.25) is 0 Å². The molecule has 0 spiro atoms. The summed E-state index contributed by atoms with van der Waals surface area (Å²) in [5.74, 6) is 0.879. The molecule has 1 aromatic heterocycles. The van der Waals surface area contributed by atoms with Crippen LogP contribution in [0.1, 0.15) is 45.4 Å². The van der Waals surface area contributed by atoms with Gasteiger partial charge in [-0.15, -0.1) is 21.6 Å². The SMILES string of the molecule is CCCCCCCCOc1cc(N=Nc2nccs2)cc2ccccc12. The first kappa shape index (κ1) is 18.5. The Bertz CT molecular complexity index is 830. The lowest BCUT2D eigenvalue weighted by Gasteiger charge is -2.10. The Labute approximate surface area is 159 Å². The predicted octanol–water partition coefficient (Wildman–Crippen LogP) is 7.45. The van der Waals surface area contributed by atoms with Crippen LogP contribution >= 0.6 is 11.3 Å². The summed E-state index contributed by atoms with van der Waals surface area (Å²) in [5, 5.41) is 13.3. The van der Waals surface area contributed by atoms with E-state index in [1.54, 1.807) is 6.20 Å². The fourth-order valence-electron chi connectivity index (χ4n) is 2.87. The molecule has 0 unspecified atom stereocenters. The molecule has 0 bridgehead atoms. The maximum absolute atomic E-state index is 6.09. The van der Waals surface area contributed by atoms with Gasteiger partial charge in [-0.1, -0.05) is 63.3 Å². The topological polar surface area (TPSA) is 46.8 Å². The van der Waals surface area contributed by atoms with Gasteiger partial charge in [0.25, 0.3) is 0 Å². The molecule has 0 amide bonds. The van der Waals surface area contributed by atoms with Crippen LogP contribution < -0.4 is 4.74 Å². The van der Waals surface area contributed by atoms with Gasteiger partial charge >= 0.3 is 0 Å². The first-order valence-corrected chi connectivity index (χ1v) is 10.2. The van der Waals surface area contributed by atoms with Crippen LogP contribution in [-0.2, 0) is 0 Å². The molecule has 0 fully saturated rings. The van der Waals surface area contributed by atoms with Crippen molar-refractivity contribution in [1.29, 1.82) is 0 Å². The largest absolute Gasteiger partial charge is 0.493 e. The van der Waals surface area contributed by atoms with Crippen LogP contribution in [0.3, 0.4) is 0 Å². The monoisotopic (exact) mass is 367 g/mol. The molecule has 0 aliphatic carbocycles. The average molecular weight is 368 g/mol. The minimum absolute atomic E-state index is 0.660. The molecule has 136 valence electrons. The van der Waals surface area contributed by atoms with Crippen LogP contribution in [0.5, 0.6) is 5.75 Å². The Morgan fingerprint density at radius 3 is 2.69 bits per heavy atom. The van der Waals surface area contributed by atoms with E-state index in [-0.39, 0.29) is 0 Å². The lowest BCUT2D eigenvalue weighted by Crippen LogP contribution is -1.98. The van der Waals surface area contributed by atoms with Gasteiger partial charge in [-0.2, -0.15) is 0 Å². The van der Waals surface area contributed by atoms with Gasteiger partial charge in [0.1, 0.15) is 5.75 Å². The van der Waals surface area contributed by atoms with E-state index in [1.807, 2.05) is 29.6 Å². The third-order valence-electron chi connectivity index (χ3n) is 4.23. The quantitative estimate of drug-likeness (QED) is 0.276. The molecule has 3 rings (SSSR count). The number of ether oxygens (including phenoxy) is 1. The van der Waals surface area contributed by atoms with Crippen molar-refractivity contribution in [3.63, 3.8) is 0 Å². The molecule has 0 atom stereocenters. The third-order valence-corrected chi connectivity index (χ3v) is 4.89. The van der Waals surface area contributed by atoms with Crippen molar-refractivity contribution in [1.82, 2.24) is 4.98 Å². The minimum Gasteiger partial charge on any atom is -0.493 e. The van der Waals surface area contributed by atoms with Crippen molar-refractivity contribution in [2.75, 3.05) is 6.61 Å². The fraction of sp³-hybridized carbons (Fsp3) is 0.381. The first-order valence-electron chi connectivity index (χ1n) is 9.33. The van der Waals surface area contributed by atoms with Gasteiger partial charge in [0, 0.05) is 23.0 Å². The van der Waals surface area contributed by atoms with E-state index in [0.29, 0.717) is 5.13 Å². The van der Waals surface area contributed by atoms with E-state index in [4.69, 9.17) is 4.74 Å². The molecule has 26 heavy (non-hydrogen) atoms. The van der Waals surface area contributed by atoms with Crippen LogP contribution in [0.2, 0.25) is 0 Å². The zero-order chi connectivity index (χ0) is 18.0. The van der Waals surface area contributed by atoms with Crippen molar-refractivity contribution < 1.29 is 4.74 Å². The second kappa shape index (κ2) is 10.0. The van der Waals surface area contributed by atoms with Gasteiger partial charge in [-0.05, 0) is 17.9 Å². The van der Waals surface area contributed by atoms with Gasteiger partial charge in [0.2, 0.25) is 5.13 Å². The number of fused-ring (bicyclic) bond motifs is 1. The Morgan fingerprint density at radius 1 is 1.00 bits per heavy atom. The van der Waals surface area contributed by atoms with Crippen LogP contribution in [-0.4, -0.2) is 11.6 Å². The summed E-state index contributed by atoms with van der Waals surface area (Å²) >= 11 is 1.47. The highest BCUT2D eigenvalue weighted by Crippen LogP contribution is 2.32. The number of nitrogens with zero attached hydrogens (tertiary/aromatic N) is 3. The van der Waals surface area contributed by atoms with E-state index in [2.05, 4.69) is 34.3 Å². The Kier molecular flexibility index (Phi) is 7.14. The van der Waals surface area contributed by atoms with E-state index in [0.717, 1.165) is 35.2 Å². The summed E-state index contributed by atoms with van der Waals surface area (Å²) < 4.78 is 6.09. The summed E-state index contributed by atoms with van der Waals surface area (Å²) in [7, 11) is 0. The molecule has 4 nitrogen and oxygen atoms in total. The fourth-order valence-corrected chi connectivity index (χ4v) is 3.32. The summed E-state index contributed by atoms with van der Waals surface area (Å²) in [6.07, 6.45) is 9.27. The second-order valence-electron chi connectivity index (χ2n) is 6.30. The molecule has 0 saturated carbocycles. The zero-order valence-corrected chi connectivity index (χ0v) is 16.0. The average Bonchev–Trinajstić information content (AvgIpc) is 3.19. The highest BCUT2D eigenvalue weighted by atomic mass is 32.1. The van der Waals surface area contributed by atoms with Gasteiger partial charge < -0.3 is 4.74 Å². The lowest BCUT2D eigenvalue weighted by atomic mass is 10.1.